The fraction of sp³-hybridized carbons (Fsp3) is 0.278. The lowest BCUT2D eigenvalue weighted by atomic mass is 10.1. The van der Waals surface area contributed by atoms with Crippen LogP contribution in [0.2, 0.25) is 15.2 Å². The van der Waals surface area contributed by atoms with Gasteiger partial charge in [0, 0.05) is 31.3 Å². The van der Waals surface area contributed by atoms with E-state index in [2.05, 4.69) is 42.7 Å². The summed E-state index contributed by atoms with van der Waals surface area (Å²) in [6, 6.07) is 4.49. The predicted octanol–water partition coefficient (Wildman–Crippen LogP) is 5.18. The summed E-state index contributed by atoms with van der Waals surface area (Å²) >= 11 is 21.1. The topological polar surface area (TPSA) is 106 Å². The molecule has 172 valence electrons. The normalized spacial score (nSPS) is 12.7. The van der Waals surface area contributed by atoms with Gasteiger partial charge in [0.05, 0.1) is 22.6 Å². The largest absolute Gasteiger partial charge is 0.434 e. The maximum atomic E-state index is 12.2. The fourth-order valence-electron chi connectivity index (χ4n) is 2.50. The van der Waals surface area contributed by atoms with E-state index in [4.69, 9.17) is 44.1 Å². The summed E-state index contributed by atoms with van der Waals surface area (Å²) < 4.78 is 11.5. The molecule has 32 heavy (non-hydrogen) atoms. The number of ether oxygens (including phenoxy) is 1. The SMILES string of the molecule is CCC(OPI)c1cc(Oc2c(Cl)cc(/C(=N/N(C)C=O)C(=O)NC)cc2Cl)nnc1Cl. The number of rotatable bonds is 10. The first-order valence-electron chi connectivity index (χ1n) is 8.96. The van der Waals surface area contributed by atoms with Crippen molar-refractivity contribution in [2.24, 2.45) is 5.10 Å². The molecule has 1 heterocycles. The van der Waals surface area contributed by atoms with Crippen LogP contribution in [0.15, 0.2) is 23.3 Å². The molecule has 0 radical (unpaired) electrons. The molecular formula is C18H18Cl3IN5O4P. The van der Waals surface area contributed by atoms with Crippen molar-refractivity contribution < 1.29 is 18.8 Å². The standard InChI is InChI=1S/C18H18Cl3IN5O4P/c1-4-13(31-32-22)10-7-14(24-25-17(10)21)30-16-11(19)5-9(6-12(16)20)15(18(29)23-2)26-27(3)8-28/h5-8,13,32H,4H2,1-3H3,(H,23,29)/b26-15-. The zero-order chi connectivity index (χ0) is 23.8. The Hall–Kier alpha value is -1.30. The van der Waals surface area contributed by atoms with Crippen LogP contribution >= 0.6 is 63.3 Å². The molecule has 2 atom stereocenters. The Labute approximate surface area is 214 Å². The third-order valence-corrected chi connectivity index (χ3v) is 5.98. The minimum atomic E-state index is -0.533. The number of hydrogen-bond donors (Lipinski definition) is 1. The van der Waals surface area contributed by atoms with Crippen LogP contribution < -0.4 is 10.1 Å². The highest BCUT2D eigenvalue weighted by molar-refractivity contribution is 14.2. The number of carbonyl (C=O) groups is 2. The first kappa shape index (κ1) is 26.9. The van der Waals surface area contributed by atoms with E-state index in [1.54, 1.807) is 6.07 Å². The van der Waals surface area contributed by atoms with Gasteiger partial charge in [0.1, 0.15) is 0 Å². The van der Waals surface area contributed by atoms with E-state index in [0.29, 0.717) is 18.4 Å². The number of hydrogen-bond acceptors (Lipinski definition) is 7. The van der Waals surface area contributed by atoms with Gasteiger partial charge < -0.3 is 14.6 Å². The third kappa shape index (κ3) is 6.85. The lowest BCUT2D eigenvalue weighted by Crippen LogP contribution is -2.30. The van der Waals surface area contributed by atoms with Crippen LogP contribution in [0.4, 0.5) is 0 Å². The summed E-state index contributed by atoms with van der Waals surface area (Å²) in [4.78, 5) is 23.2. The van der Waals surface area contributed by atoms with Crippen molar-refractivity contribution >= 4 is 81.3 Å². The molecule has 0 fully saturated rings. The number of amides is 2. The van der Waals surface area contributed by atoms with E-state index in [1.807, 2.05) is 6.92 Å². The number of likely N-dealkylation sites (N-methyl/N-ethyl adjacent to an activating group) is 1. The number of halogens is 4. The van der Waals surface area contributed by atoms with Gasteiger partial charge in [-0.1, -0.05) is 41.7 Å². The summed E-state index contributed by atoms with van der Waals surface area (Å²) in [6.45, 7) is 2.19. The van der Waals surface area contributed by atoms with Gasteiger partial charge in [-0.05, 0) is 40.6 Å². The molecule has 2 aromatic rings. The minimum absolute atomic E-state index is 0.0615. The number of aromatic nitrogens is 2. The van der Waals surface area contributed by atoms with E-state index in [0.717, 1.165) is 5.01 Å². The smallest absolute Gasteiger partial charge is 0.272 e. The van der Waals surface area contributed by atoms with Gasteiger partial charge in [0.15, 0.2) is 16.6 Å². The van der Waals surface area contributed by atoms with Crippen LogP contribution in [-0.4, -0.2) is 47.3 Å². The van der Waals surface area contributed by atoms with Crippen molar-refractivity contribution in [3.8, 4) is 11.6 Å². The quantitative estimate of drug-likeness (QED) is 0.127. The first-order valence-corrected chi connectivity index (χ1v) is 14.1. The van der Waals surface area contributed by atoms with Gasteiger partial charge >= 0.3 is 0 Å². The summed E-state index contributed by atoms with van der Waals surface area (Å²) in [7, 11) is 2.82. The second kappa shape index (κ2) is 12.8. The van der Waals surface area contributed by atoms with Crippen LogP contribution in [0.1, 0.15) is 30.6 Å². The van der Waals surface area contributed by atoms with Gasteiger partial charge in [0.25, 0.3) is 5.91 Å². The van der Waals surface area contributed by atoms with E-state index in [1.165, 1.54) is 26.2 Å². The highest BCUT2D eigenvalue weighted by Crippen LogP contribution is 2.40. The maximum Gasteiger partial charge on any atom is 0.272 e. The molecule has 0 aliphatic heterocycles. The molecule has 2 amide bonds. The van der Waals surface area contributed by atoms with E-state index >= 15 is 0 Å². The molecule has 1 aromatic carbocycles. The molecule has 1 N–H and O–H groups in total. The molecule has 0 aliphatic carbocycles. The second-order valence-electron chi connectivity index (χ2n) is 6.10. The van der Waals surface area contributed by atoms with Crippen LogP contribution in [0, 0.1) is 0 Å². The van der Waals surface area contributed by atoms with E-state index in [9.17, 15) is 9.59 Å². The Morgan fingerprint density at radius 1 is 1.31 bits per heavy atom. The number of nitrogens with one attached hydrogen (secondary N) is 1. The second-order valence-corrected chi connectivity index (χ2v) is 8.98. The number of benzene rings is 1. The summed E-state index contributed by atoms with van der Waals surface area (Å²) in [5.74, 6) is -0.320. The molecule has 14 heteroatoms. The molecule has 2 rings (SSSR count). The highest BCUT2D eigenvalue weighted by atomic mass is 127. The Morgan fingerprint density at radius 3 is 2.50 bits per heavy atom. The molecule has 0 aliphatic rings. The average molecular weight is 633 g/mol. The molecular weight excluding hydrogens is 614 g/mol. The van der Waals surface area contributed by atoms with Crippen molar-refractivity contribution in [1.82, 2.24) is 20.5 Å². The number of carbonyl (C=O) groups excluding carboxylic acids is 2. The summed E-state index contributed by atoms with van der Waals surface area (Å²) in [6.07, 6.45) is 0.852. The van der Waals surface area contributed by atoms with E-state index < -0.39 is 5.91 Å². The Bertz CT molecular complexity index is 1010. The van der Waals surface area contributed by atoms with Gasteiger partial charge in [-0.15, -0.1) is 10.2 Å². The van der Waals surface area contributed by atoms with Gasteiger partial charge in [0.2, 0.25) is 12.3 Å². The Kier molecular flexibility index (Phi) is 10.8. The maximum absolute atomic E-state index is 12.2. The van der Waals surface area contributed by atoms with Gasteiger partial charge in [-0.25, -0.2) is 5.01 Å². The van der Waals surface area contributed by atoms with Crippen LogP contribution in [0.25, 0.3) is 0 Å². The molecule has 1 aromatic heterocycles. The zero-order valence-corrected chi connectivity index (χ0v) is 22.5. The number of nitrogens with zero attached hydrogens (tertiary/aromatic N) is 4. The van der Waals surface area contributed by atoms with Crippen LogP contribution in [0.5, 0.6) is 11.6 Å². The molecule has 2 unspecified atom stereocenters. The van der Waals surface area contributed by atoms with Crippen molar-refractivity contribution in [1.29, 1.82) is 0 Å². The Morgan fingerprint density at radius 2 is 1.97 bits per heavy atom. The lowest BCUT2D eigenvalue weighted by Gasteiger charge is -2.16. The zero-order valence-electron chi connectivity index (χ0n) is 17.0. The predicted molar refractivity (Wildman–Crippen MR) is 134 cm³/mol. The summed E-state index contributed by atoms with van der Waals surface area (Å²) in [5, 5.41) is 15.6. The molecule has 0 saturated carbocycles. The molecule has 0 spiro atoms. The molecule has 0 bridgehead atoms. The third-order valence-electron chi connectivity index (χ3n) is 3.99. The lowest BCUT2D eigenvalue weighted by molar-refractivity contribution is -0.117. The monoisotopic (exact) mass is 631 g/mol. The average Bonchev–Trinajstić information content (AvgIpc) is 2.78. The number of hydrazone groups is 1. The highest BCUT2D eigenvalue weighted by Gasteiger charge is 2.21. The van der Waals surface area contributed by atoms with Crippen molar-refractivity contribution in [3.63, 3.8) is 0 Å². The van der Waals surface area contributed by atoms with Crippen LogP contribution in [-0.2, 0) is 14.1 Å². The van der Waals surface area contributed by atoms with Crippen molar-refractivity contribution in [2.75, 3.05) is 14.1 Å². The molecule has 9 nitrogen and oxygen atoms in total. The molecule has 0 saturated heterocycles. The van der Waals surface area contributed by atoms with Gasteiger partial charge in [-0.3, -0.25) is 9.59 Å². The minimum Gasteiger partial charge on any atom is -0.434 e. The fourth-order valence-corrected chi connectivity index (χ4v) is 4.60. The van der Waals surface area contributed by atoms with Crippen molar-refractivity contribution in [3.05, 3.63) is 44.5 Å². The van der Waals surface area contributed by atoms with E-state index in [-0.39, 0.29) is 50.7 Å². The van der Waals surface area contributed by atoms with Crippen molar-refractivity contribution in [2.45, 2.75) is 19.4 Å². The Balaban J connectivity index is 2.44. The summed E-state index contributed by atoms with van der Waals surface area (Å²) in [5.41, 5.74) is 0.845. The van der Waals surface area contributed by atoms with Gasteiger partial charge in [-0.2, -0.15) is 5.10 Å². The van der Waals surface area contributed by atoms with Crippen LogP contribution in [0.3, 0.4) is 0 Å². The first-order chi connectivity index (χ1) is 15.2.